The number of aromatic nitrogens is 4. The lowest BCUT2D eigenvalue weighted by Crippen LogP contribution is -2.00. The summed E-state index contributed by atoms with van der Waals surface area (Å²) < 4.78 is 0. The molecular weight excluding hydrogens is 683 g/mol. The van der Waals surface area contributed by atoms with E-state index in [1.165, 1.54) is 10.8 Å². The molecule has 5 nitrogen and oxygen atoms in total. The minimum atomic E-state index is 0.619. The van der Waals surface area contributed by atoms with E-state index in [1.54, 1.807) is 0 Å². The first-order valence-corrected chi connectivity index (χ1v) is 18.5. The van der Waals surface area contributed by atoms with Gasteiger partial charge in [0, 0.05) is 33.8 Å². The van der Waals surface area contributed by atoms with E-state index in [4.69, 9.17) is 26.5 Å². The van der Waals surface area contributed by atoms with E-state index in [2.05, 4.69) is 95.8 Å². The molecule has 0 aliphatic rings. The summed E-state index contributed by atoms with van der Waals surface area (Å²) in [4.78, 5) is 23.5. The van der Waals surface area contributed by atoms with Crippen molar-refractivity contribution in [3.8, 4) is 67.5 Å². The number of rotatable bonds is 6. The number of fused-ring (bicyclic) bond motifs is 5. The molecule has 0 saturated heterocycles. The normalized spacial score (nSPS) is 11.2. The lowest BCUT2D eigenvalue weighted by molar-refractivity contribution is 1.07. The maximum atomic E-state index is 7.44. The highest BCUT2D eigenvalue weighted by Crippen LogP contribution is 2.42. The number of hydrogen-bond acceptors (Lipinski definition) is 4. The summed E-state index contributed by atoms with van der Waals surface area (Å²) in [5, 5.41) is 5.73. The second-order valence-corrected chi connectivity index (χ2v) is 13.7. The van der Waals surface area contributed by atoms with E-state index >= 15 is 0 Å². The minimum Gasteiger partial charge on any atom is -0.256 e. The zero-order valence-electron chi connectivity index (χ0n) is 30.1. The molecule has 0 fully saturated rings. The second-order valence-electron chi connectivity index (χ2n) is 13.7. The van der Waals surface area contributed by atoms with Crippen LogP contribution in [-0.2, 0) is 0 Å². The van der Waals surface area contributed by atoms with Crippen LogP contribution >= 0.6 is 0 Å². The van der Waals surface area contributed by atoms with Gasteiger partial charge in [-0.25, -0.2) is 19.8 Å². The Bertz CT molecular complexity index is 3070. The van der Waals surface area contributed by atoms with Crippen LogP contribution in [0.2, 0.25) is 0 Å². The topological polar surface area (TPSA) is 55.9 Å². The van der Waals surface area contributed by atoms with E-state index in [1.807, 2.05) is 97.2 Å². The van der Waals surface area contributed by atoms with Gasteiger partial charge in [0.25, 0.3) is 0 Å². The Balaban J connectivity index is 1.13. The van der Waals surface area contributed by atoms with Gasteiger partial charge in [-0.2, -0.15) is 0 Å². The Kier molecular flexibility index (Phi) is 8.13. The fourth-order valence-corrected chi connectivity index (χ4v) is 7.65. The second kappa shape index (κ2) is 13.9. The molecule has 0 spiro atoms. The van der Waals surface area contributed by atoms with Gasteiger partial charge >= 0.3 is 0 Å². The molecule has 8 aromatic carbocycles. The number of pyridine rings is 1. The Hall–Kier alpha value is -7.81. The van der Waals surface area contributed by atoms with Crippen molar-refractivity contribution in [1.82, 2.24) is 19.9 Å². The lowest BCUT2D eigenvalue weighted by Gasteiger charge is -2.16. The molecule has 0 radical (unpaired) electrons. The zero-order chi connectivity index (χ0) is 37.4. The SMILES string of the molecule is [C-]#[N+]c1cccc(-c2ccc(-c3cc4c5ccccc5c(-c5cccc(-c6nc(-c7ccccc7)nc(-c7ccccc7)n6)c5)cc4c4cccnc34)cc2)c1. The van der Waals surface area contributed by atoms with Crippen molar-refractivity contribution in [3.63, 3.8) is 0 Å². The Labute approximate surface area is 324 Å². The molecule has 10 aromatic rings. The first-order valence-electron chi connectivity index (χ1n) is 18.5. The zero-order valence-corrected chi connectivity index (χ0v) is 30.1. The van der Waals surface area contributed by atoms with Crippen LogP contribution in [0.3, 0.4) is 0 Å². The monoisotopic (exact) mass is 713 g/mol. The highest BCUT2D eigenvalue weighted by atomic mass is 15.0. The lowest BCUT2D eigenvalue weighted by atomic mass is 9.88. The summed E-state index contributed by atoms with van der Waals surface area (Å²) in [6.07, 6.45) is 1.87. The average Bonchev–Trinajstić information content (AvgIpc) is 3.29. The first-order chi connectivity index (χ1) is 27.7. The summed E-state index contributed by atoms with van der Waals surface area (Å²) in [6, 6.07) is 62.4. The molecule has 0 bridgehead atoms. The summed E-state index contributed by atoms with van der Waals surface area (Å²) in [5.74, 6) is 1.89. The van der Waals surface area contributed by atoms with E-state index in [-0.39, 0.29) is 0 Å². The molecule has 0 aliphatic heterocycles. The maximum Gasteiger partial charge on any atom is 0.187 e. The number of benzene rings is 8. The van der Waals surface area contributed by atoms with Crippen LogP contribution in [0.4, 0.5) is 5.69 Å². The van der Waals surface area contributed by atoms with Crippen LogP contribution in [0.15, 0.2) is 188 Å². The van der Waals surface area contributed by atoms with Crippen molar-refractivity contribution in [2.45, 2.75) is 0 Å². The quantitative estimate of drug-likeness (QED) is 0.127. The van der Waals surface area contributed by atoms with Gasteiger partial charge in [-0.15, -0.1) is 0 Å². The Morgan fingerprint density at radius 3 is 1.59 bits per heavy atom. The molecule has 260 valence electrons. The van der Waals surface area contributed by atoms with Crippen molar-refractivity contribution >= 4 is 38.1 Å². The largest absolute Gasteiger partial charge is 0.256 e. The molecule has 2 aromatic heterocycles. The van der Waals surface area contributed by atoms with Crippen LogP contribution in [-0.4, -0.2) is 19.9 Å². The molecule has 56 heavy (non-hydrogen) atoms. The minimum absolute atomic E-state index is 0.619. The summed E-state index contributed by atoms with van der Waals surface area (Å²) >= 11 is 0. The predicted octanol–water partition coefficient (Wildman–Crippen LogP) is 13.3. The summed E-state index contributed by atoms with van der Waals surface area (Å²) in [5.41, 5.74) is 10.8. The van der Waals surface area contributed by atoms with Gasteiger partial charge in [0.1, 0.15) is 0 Å². The van der Waals surface area contributed by atoms with Crippen LogP contribution in [0, 0.1) is 6.57 Å². The smallest absolute Gasteiger partial charge is 0.187 e. The van der Waals surface area contributed by atoms with Gasteiger partial charge in [0.05, 0.1) is 12.1 Å². The molecule has 0 saturated carbocycles. The van der Waals surface area contributed by atoms with Crippen LogP contribution in [0.5, 0.6) is 0 Å². The van der Waals surface area contributed by atoms with E-state index in [0.29, 0.717) is 23.2 Å². The van der Waals surface area contributed by atoms with Crippen LogP contribution in [0.25, 0.3) is 105 Å². The highest BCUT2D eigenvalue weighted by molar-refractivity contribution is 6.23. The molecule has 0 N–H and O–H groups in total. The van der Waals surface area contributed by atoms with Crippen molar-refractivity contribution in [3.05, 3.63) is 200 Å². The van der Waals surface area contributed by atoms with E-state index in [0.717, 1.165) is 71.7 Å². The third-order valence-corrected chi connectivity index (χ3v) is 10.4. The molecular formula is C51H31N5. The van der Waals surface area contributed by atoms with Crippen molar-refractivity contribution in [2.75, 3.05) is 0 Å². The Morgan fingerprint density at radius 1 is 0.339 bits per heavy atom. The predicted molar refractivity (Wildman–Crippen MR) is 229 cm³/mol. The molecule has 0 aliphatic carbocycles. The van der Waals surface area contributed by atoms with Gasteiger partial charge in [0.2, 0.25) is 0 Å². The molecule has 2 heterocycles. The number of hydrogen-bond donors (Lipinski definition) is 0. The van der Waals surface area contributed by atoms with Crippen LogP contribution in [0.1, 0.15) is 0 Å². The van der Waals surface area contributed by atoms with Gasteiger partial charge in [-0.3, -0.25) is 4.98 Å². The number of nitrogens with zero attached hydrogens (tertiary/aromatic N) is 5. The third kappa shape index (κ3) is 5.92. The summed E-state index contributed by atoms with van der Waals surface area (Å²) in [7, 11) is 0. The maximum absolute atomic E-state index is 7.44. The molecule has 5 heteroatoms. The standard InChI is InChI=1S/C51H31N5/c1-52-40-20-11-17-37(30-40)33-24-26-34(27-25-33)45-32-46-42-22-9-8-21-41(42)44(31-47(46)43-23-12-28-53-48(43)45)38-18-10-19-39(29-38)51-55-49(35-13-4-2-5-14-35)54-50(56-51)36-15-6-3-7-16-36/h2-32H. The Morgan fingerprint density at radius 2 is 0.875 bits per heavy atom. The van der Waals surface area contributed by atoms with Gasteiger partial charge < -0.3 is 0 Å². The fourth-order valence-electron chi connectivity index (χ4n) is 7.65. The summed E-state index contributed by atoms with van der Waals surface area (Å²) in [6.45, 7) is 7.44. The fraction of sp³-hybridized carbons (Fsp3) is 0. The third-order valence-electron chi connectivity index (χ3n) is 10.4. The molecule has 0 amide bonds. The van der Waals surface area contributed by atoms with Gasteiger partial charge in [0.15, 0.2) is 23.2 Å². The van der Waals surface area contributed by atoms with Crippen LogP contribution < -0.4 is 0 Å². The average molecular weight is 714 g/mol. The molecule has 0 unspecified atom stereocenters. The van der Waals surface area contributed by atoms with Crippen molar-refractivity contribution in [2.24, 2.45) is 0 Å². The van der Waals surface area contributed by atoms with Gasteiger partial charge in [-0.1, -0.05) is 152 Å². The van der Waals surface area contributed by atoms with Crippen molar-refractivity contribution < 1.29 is 0 Å². The molecule has 10 rings (SSSR count). The van der Waals surface area contributed by atoms with Crippen molar-refractivity contribution in [1.29, 1.82) is 0 Å². The van der Waals surface area contributed by atoms with Gasteiger partial charge in [-0.05, 0) is 79.7 Å². The van der Waals surface area contributed by atoms with E-state index < -0.39 is 0 Å². The molecule has 0 atom stereocenters. The van der Waals surface area contributed by atoms with E-state index in [9.17, 15) is 0 Å². The highest BCUT2D eigenvalue weighted by Gasteiger charge is 2.17. The first kappa shape index (κ1) is 32.8.